The highest BCUT2D eigenvalue weighted by Gasteiger charge is 2.31. The van der Waals surface area contributed by atoms with Gasteiger partial charge in [0.05, 0.1) is 18.2 Å². The van der Waals surface area contributed by atoms with Crippen LogP contribution in [0.5, 0.6) is 0 Å². The number of halogens is 3. The molecule has 0 saturated heterocycles. The average Bonchev–Trinajstić information content (AvgIpc) is 3.30. The van der Waals surface area contributed by atoms with Gasteiger partial charge in [-0.25, -0.2) is 0 Å². The van der Waals surface area contributed by atoms with Crippen LogP contribution in [0, 0.1) is 0 Å². The molecule has 1 unspecified atom stereocenters. The molecule has 27 heavy (non-hydrogen) atoms. The summed E-state index contributed by atoms with van der Waals surface area (Å²) in [5, 5.41) is 7.64. The molecular weight excluding hydrogens is 363 g/mol. The van der Waals surface area contributed by atoms with E-state index in [1.165, 1.54) is 12.1 Å². The fraction of sp³-hybridized carbons (Fsp3) is 0.412. The summed E-state index contributed by atoms with van der Waals surface area (Å²) in [4.78, 5) is 10.3. The Kier molecular flexibility index (Phi) is 5.26. The number of hydrogen-bond donors (Lipinski definition) is 0. The van der Waals surface area contributed by atoms with Crippen LogP contribution >= 0.6 is 0 Å². The molecule has 0 N–H and O–H groups in total. The van der Waals surface area contributed by atoms with Gasteiger partial charge in [-0.05, 0) is 26.1 Å². The van der Waals surface area contributed by atoms with Crippen molar-refractivity contribution in [3.63, 3.8) is 0 Å². The van der Waals surface area contributed by atoms with Gasteiger partial charge in [0.15, 0.2) is 5.82 Å². The van der Waals surface area contributed by atoms with Gasteiger partial charge in [-0.3, -0.25) is 4.90 Å². The van der Waals surface area contributed by atoms with Gasteiger partial charge in [-0.2, -0.15) is 23.1 Å². The van der Waals surface area contributed by atoms with Gasteiger partial charge in [-0.1, -0.05) is 29.4 Å². The number of alkyl halides is 3. The van der Waals surface area contributed by atoms with Crippen molar-refractivity contribution in [3.8, 4) is 11.4 Å². The van der Waals surface area contributed by atoms with E-state index in [0.717, 1.165) is 12.1 Å². The Labute approximate surface area is 153 Å². The first-order valence-electron chi connectivity index (χ1n) is 8.31. The molecule has 0 bridgehead atoms. The Morgan fingerprint density at radius 2 is 1.93 bits per heavy atom. The molecule has 2 aromatic heterocycles. The maximum Gasteiger partial charge on any atom is 0.416 e. The van der Waals surface area contributed by atoms with Crippen LogP contribution in [0.4, 0.5) is 13.2 Å². The van der Waals surface area contributed by atoms with Gasteiger partial charge in [0.2, 0.25) is 17.6 Å². The average molecular weight is 381 g/mol. The van der Waals surface area contributed by atoms with E-state index in [1.54, 1.807) is 0 Å². The maximum atomic E-state index is 12.9. The smallest absolute Gasteiger partial charge is 0.338 e. The van der Waals surface area contributed by atoms with Crippen molar-refractivity contribution in [2.75, 3.05) is 7.05 Å². The summed E-state index contributed by atoms with van der Waals surface area (Å²) in [5.41, 5.74) is -0.529. The van der Waals surface area contributed by atoms with Crippen LogP contribution in [-0.2, 0) is 19.1 Å². The normalized spacial score (nSPS) is 13.3. The van der Waals surface area contributed by atoms with Crippen LogP contribution in [0.15, 0.2) is 33.3 Å². The van der Waals surface area contributed by atoms with Crippen LogP contribution in [0.25, 0.3) is 11.4 Å². The van der Waals surface area contributed by atoms with Gasteiger partial charge in [0.25, 0.3) is 0 Å². The minimum absolute atomic E-state index is 0.0995. The Bertz CT molecular complexity index is 906. The highest BCUT2D eigenvalue weighted by molar-refractivity contribution is 5.55. The first-order valence-corrected chi connectivity index (χ1v) is 8.31. The van der Waals surface area contributed by atoms with Gasteiger partial charge < -0.3 is 9.05 Å². The van der Waals surface area contributed by atoms with Crippen molar-refractivity contribution < 1.29 is 22.2 Å². The molecule has 0 aliphatic carbocycles. The van der Waals surface area contributed by atoms with E-state index in [9.17, 15) is 13.2 Å². The number of rotatable bonds is 6. The lowest BCUT2D eigenvalue weighted by Gasteiger charge is -2.19. The molecule has 0 radical (unpaired) electrons. The molecular formula is C17H18F3N5O2. The monoisotopic (exact) mass is 381 g/mol. The summed E-state index contributed by atoms with van der Waals surface area (Å²) in [6.07, 6.45) is -3.76. The molecule has 144 valence electrons. The van der Waals surface area contributed by atoms with Crippen molar-refractivity contribution in [1.29, 1.82) is 0 Å². The van der Waals surface area contributed by atoms with E-state index >= 15 is 0 Å². The van der Waals surface area contributed by atoms with E-state index in [0.29, 0.717) is 24.7 Å². The summed E-state index contributed by atoms with van der Waals surface area (Å²) >= 11 is 0. The van der Waals surface area contributed by atoms with Crippen LogP contribution in [-0.4, -0.2) is 32.2 Å². The van der Waals surface area contributed by atoms with Crippen molar-refractivity contribution in [3.05, 3.63) is 47.4 Å². The van der Waals surface area contributed by atoms with Crippen LogP contribution in [0.2, 0.25) is 0 Å². The van der Waals surface area contributed by atoms with E-state index in [-0.39, 0.29) is 23.3 Å². The zero-order valence-corrected chi connectivity index (χ0v) is 15.0. The van der Waals surface area contributed by atoms with E-state index in [1.807, 2.05) is 25.8 Å². The van der Waals surface area contributed by atoms with Crippen molar-refractivity contribution in [2.45, 2.75) is 39.0 Å². The predicted molar refractivity (Wildman–Crippen MR) is 88.3 cm³/mol. The Morgan fingerprint density at radius 1 is 1.15 bits per heavy atom. The summed E-state index contributed by atoms with van der Waals surface area (Å²) in [6.45, 7) is 4.13. The summed E-state index contributed by atoms with van der Waals surface area (Å²) in [5.74, 6) is 1.46. The fourth-order valence-corrected chi connectivity index (χ4v) is 2.39. The standard InChI is InChI=1S/C17H18F3N5O2/c1-4-13-21-14(26-23-13)9-25(3)10(2)16-22-15(24-27-16)11-6-5-7-12(8-11)17(18,19)20/h5-8,10H,4,9H2,1-3H3. The molecule has 1 aromatic carbocycles. The largest absolute Gasteiger partial charge is 0.416 e. The minimum atomic E-state index is -4.43. The molecule has 0 saturated carbocycles. The Balaban J connectivity index is 1.74. The van der Waals surface area contributed by atoms with Gasteiger partial charge in [0, 0.05) is 12.0 Å². The molecule has 1 atom stereocenters. The second kappa shape index (κ2) is 7.47. The van der Waals surface area contributed by atoms with Crippen molar-refractivity contribution in [1.82, 2.24) is 25.2 Å². The number of hydrogen-bond acceptors (Lipinski definition) is 7. The first kappa shape index (κ1) is 19.0. The van der Waals surface area contributed by atoms with Gasteiger partial charge >= 0.3 is 6.18 Å². The summed E-state index contributed by atoms with van der Waals surface area (Å²) < 4.78 is 49.0. The van der Waals surface area contributed by atoms with Crippen LogP contribution in [0.1, 0.15) is 43.1 Å². The lowest BCUT2D eigenvalue weighted by Crippen LogP contribution is -2.22. The third-order valence-electron chi connectivity index (χ3n) is 4.12. The molecule has 3 rings (SSSR count). The van der Waals surface area contributed by atoms with E-state index < -0.39 is 11.7 Å². The molecule has 0 aliphatic rings. The highest BCUT2D eigenvalue weighted by atomic mass is 19.4. The zero-order valence-electron chi connectivity index (χ0n) is 15.0. The van der Waals surface area contributed by atoms with E-state index in [4.69, 9.17) is 9.05 Å². The number of aryl methyl sites for hydroxylation is 1. The topological polar surface area (TPSA) is 81.1 Å². The maximum absolute atomic E-state index is 12.9. The SMILES string of the molecule is CCc1noc(CN(C)C(C)c2nc(-c3cccc(C(F)(F)F)c3)no2)n1. The van der Waals surface area contributed by atoms with Crippen molar-refractivity contribution in [2.24, 2.45) is 0 Å². The lowest BCUT2D eigenvalue weighted by molar-refractivity contribution is -0.137. The molecule has 0 fully saturated rings. The Hall–Kier alpha value is -2.75. The molecule has 10 heteroatoms. The lowest BCUT2D eigenvalue weighted by atomic mass is 10.1. The molecule has 7 nitrogen and oxygen atoms in total. The van der Waals surface area contributed by atoms with Gasteiger partial charge in [-0.15, -0.1) is 0 Å². The zero-order chi connectivity index (χ0) is 19.6. The predicted octanol–water partition coefficient (Wildman–Crippen LogP) is 3.89. The first-order chi connectivity index (χ1) is 12.8. The van der Waals surface area contributed by atoms with Crippen LogP contribution < -0.4 is 0 Å². The fourth-order valence-electron chi connectivity index (χ4n) is 2.39. The highest BCUT2D eigenvalue weighted by Crippen LogP contribution is 2.32. The second-order valence-electron chi connectivity index (χ2n) is 6.08. The van der Waals surface area contributed by atoms with Crippen molar-refractivity contribution >= 4 is 0 Å². The number of aromatic nitrogens is 4. The second-order valence-corrected chi connectivity index (χ2v) is 6.08. The number of benzene rings is 1. The molecule has 2 heterocycles. The molecule has 0 spiro atoms. The summed E-state index contributed by atoms with van der Waals surface area (Å²) in [6, 6.07) is 4.51. The number of nitrogens with zero attached hydrogens (tertiary/aromatic N) is 5. The van der Waals surface area contributed by atoms with Crippen LogP contribution in [0.3, 0.4) is 0 Å². The summed E-state index contributed by atoms with van der Waals surface area (Å²) in [7, 11) is 1.81. The quantitative estimate of drug-likeness (QED) is 0.641. The third-order valence-corrected chi connectivity index (χ3v) is 4.12. The van der Waals surface area contributed by atoms with Gasteiger partial charge in [0.1, 0.15) is 0 Å². The molecule has 3 aromatic rings. The molecule has 0 amide bonds. The molecule has 0 aliphatic heterocycles. The minimum Gasteiger partial charge on any atom is -0.338 e. The Morgan fingerprint density at radius 3 is 2.59 bits per heavy atom. The van der Waals surface area contributed by atoms with E-state index in [2.05, 4.69) is 20.3 Å². The third kappa shape index (κ3) is 4.33.